The van der Waals surface area contributed by atoms with Crippen LogP contribution in [0, 0.1) is 19.8 Å². The Balaban J connectivity index is 2.07. The second kappa shape index (κ2) is 3.09. The minimum Gasteiger partial charge on any atom is -0.323 e. The largest absolute Gasteiger partial charge is 0.323 e. The first-order chi connectivity index (χ1) is 6.18. The molecular weight excluding hydrogens is 160 g/mol. The lowest BCUT2D eigenvalue weighted by atomic mass is 10.2. The predicted octanol–water partition coefficient (Wildman–Crippen LogP) is 2.45. The van der Waals surface area contributed by atoms with Gasteiger partial charge in [-0.1, -0.05) is 0 Å². The van der Waals surface area contributed by atoms with Gasteiger partial charge in [0.2, 0.25) is 0 Å². The Hall–Kier alpha value is -0.920. The Morgan fingerprint density at radius 1 is 1.31 bits per heavy atom. The van der Waals surface area contributed by atoms with E-state index in [1.807, 2.05) is 0 Å². The number of aryl methyl sites for hydroxylation is 2. The number of hydrogen-bond donors (Lipinski definition) is 1. The van der Waals surface area contributed by atoms with Crippen LogP contribution in [0.15, 0.2) is 12.1 Å². The Labute approximate surface area is 79.9 Å². The molecule has 0 aromatic carbocycles. The molecule has 1 aliphatic rings. The molecule has 0 radical (unpaired) electrons. The number of rotatable bonds is 3. The van der Waals surface area contributed by atoms with Gasteiger partial charge in [-0.15, -0.1) is 0 Å². The average molecular weight is 178 g/mol. The zero-order valence-electron chi connectivity index (χ0n) is 8.67. The molecule has 1 heterocycles. The minimum atomic E-state index is 0.616. The molecule has 13 heavy (non-hydrogen) atoms. The molecule has 0 aliphatic heterocycles. The van der Waals surface area contributed by atoms with Crippen LogP contribution in [-0.2, 0) is 0 Å². The van der Waals surface area contributed by atoms with Crippen molar-refractivity contribution in [3.63, 3.8) is 0 Å². The fraction of sp³-hybridized carbons (Fsp3) is 0.636. The van der Waals surface area contributed by atoms with Crippen LogP contribution in [0.5, 0.6) is 0 Å². The Morgan fingerprint density at radius 3 is 2.31 bits per heavy atom. The highest BCUT2D eigenvalue weighted by Crippen LogP contribution is 2.32. The minimum absolute atomic E-state index is 0.616. The zero-order valence-corrected chi connectivity index (χ0v) is 8.67. The second-order valence-electron chi connectivity index (χ2n) is 4.21. The van der Waals surface area contributed by atoms with E-state index in [1.54, 1.807) is 0 Å². The molecule has 1 aromatic heterocycles. The molecule has 1 saturated carbocycles. The Kier molecular flexibility index (Phi) is 2.06. The number of nitrogens with zero attached hydrogens (tertiary/aromatic N) is 1. The van der Waals surface area contributed by atoms with E-state index in [1.165, 1.54) is 24.2 Å². The molecule has 1 unspecified atom stereocenters. The Bertz CT molecular complexity index is 278. The summed E-state index contributed by atoms with van der Waals surface area (Å²) in [6, 6.07) is 4.92. The molecular formula is C11H18N2. The topological polar surface area (TPSA) is 17.0 Å². The van der Waals surface area contributed by atoms with Crippen molar-refractivity contribution >= 4 is 0 Å². The molecule has 0 saturated heterocycles. The third-order valence-corrected chi connectivity index (χ3v) is 2.93. The van der Waals surface area contributed by atoms with Crippen LogP contribution < -0.4 is 5.43 Å². The Morgan fingerprint density at radius 2 is 1.85 bits per heavy atom. The van der Waals surface area contributed by atoms with E-state index in [4.69, 9.17) is 0 Å². The summed E-state index contributed by atoms with van der Waals surface area (Å²) in [5.41, 5.74) is 6.13. The first-order valence-corrected chi connectivity index (χ1v) is 5.10. The van der Waals surface area contributed by atoms with Crippen molar-refractivity contribution < 1.29 is 0 Å². The number of hydrogen-bond acceptors (Lipinski definition) is 1. The summed E-state index contributed by atoms with van der Waals surface area (Å²) in [4.78, 5) is 0. The third-order valence-electron chi connectivity index (χ3n) is 2.93. The van der Waals surface area contributed by atoms with E-state index in [0.717, 1.165) is 5.92 Å². The summed E-state index contributed by atoms with van der Waals surface area (Å²) in [6.07, 6.45) is 2.79. The molecule has 72 valence electrons. The van der Waals surface area contributed by atoms with Gasteiger partial charge in [0.15, 0.2) is 0 Å². The van der Waals surface area contributed by atoms with Gasteiger partial charge in [0.05, 0.1) is 0 Å². The quantitative estimate of drug-likeness (QED) is 0.752. The van der Waals surface area contributed by atoms with Crippen LogP contribution >= 0.6 is 0 Å². The lowest BCUT2D eigenvalue weighted by molar-refractivity contribution is 0.605. The van der Waals surface area contributed by atoms with Crippen molar-refractivity contribution in [2.24, 2.45) is 5.92 Å². The normalized spacial score (nSPS) is 18.7. The van der Waals surface area contributed by atoms with Crippen LogP contribution in [0.4, 0.5) is 0 Å². The first-order valence-electron chi connectivity index (χ1n) is 5.10. The molecule has 1 fully saturated rings. The van der Waals surface area contributed by atoms with Crippen molar-refractivity contribution in [2.45, 2.75) is 39.7 Å². The zero-order chi connectivity index (χ0) is 9.42. The maximum atomic E-state index is 3.54. The van der Waals surface area contributed by atoms with E-state index in [-0.39, 0.29) is 0 Å². The molecule has 1 atom stereocenters. The smallest absolute Gasteiger partial charge is 0.0424 e. The first kappa shape index (κ1) is 8.67. The lowest BCUT2D eigenvalue weighted by Gasteiger charge is -2.18. The molecule has 1 aromatic rings. The average Bonchev–Trinajstić information content (AvgIpc) is 2.88. The monoisotopic (exact) mass is 178 g/mol. The SMILES string of the molecule is Cc1ccc(C)n1NC(C)C1CC1. The van der Waals surface area contributed by atoms with Crippen molar-refractivity contribution in [2.75, 3.05) is 5.43 Å². The molecule has 2 heteroatoms. The van der Waals surface area contributed by atoms with Crippen molar-refractivity contribution in [3.05, 3.63) is 23.5 Å². The standard InChI is InChI=1S/C11H18N2/c1-8-4-5-9(2)13(8)12-10(3)11-6-7-11/h4-5,10-12H,6-7H2,1-3H3. The van der Waals surface area contributed by atoms with Gasteiger partial charge in [-0.25, -0.2) is 0 Å². The fourth-order valence-corrected chi connectivity index (χ4v) is 1.78. The maximum Gasteiger partial charge on any atom is 0.0424 e. The highest BCUT2D eigenvalue weighted by molar-refractivity contribution is 5.16. The van der Waals surface area contributed by atoms with Gasteiger partial charge in [-0.2, -0.15) is 0 Å². The van der Waals surface area contributed by atoms with E-state index in [9.17, 15) is 0 Å². The fourth-order valence-electron chi connectivity index (χ4n) is 1.78. The van der Waals surface area contributed by atoms with E-state index < -0.39 is 0 Å². The summed E-state index contributed by atoms with van der Waals surface area (Å²) in [6.45, 7) is 6.55. The predicted molar refractivity (Wildman–Crippen MR) is 55.5 cm³/mol. The lowest BCUT2D eigenvalue weighted by Crippen LogP contribution is -2.28. The van der Waals surface area contributed by atoms with Crippen LogP contribution in [0.25, 0.3) is 0 Å². The summed E-state index contributed by atoms with van der Waals surface area (Å²) >= 11 is 0. The summed E-state index contributed by atoms with van der Waals surface area (Å²) in [7, 11) is 0. The van der Waals surface area contributed by atoms with Crippen molar-refractivity contribution in [3.8, 4) is 0 Å². The third kappa shape index (κ3) is 1.71. The van der Waals surface area contributed by atoms with Gasteiger partial charge in [0.25, 0.3) is 0 Å². The van der Waals surface area contributed by atoms with Gasteiger partial charge >= 0.3 is 0 Å². The van der Waals surface area contributed by atoms with Gasteiger partial charge in [-0.3, -0.25) is 4.68 Å². The van der Waals surface area contributed by atoms with Gasteiger partial charge in [0, 0.05) is 17.4 Å². The van der Waals surface area contributed by atoms with Crippen molar-refractivity contribution in [1.29, 1.82) is 0 Å². The van der Waals surface area contributed by atoms with Crippen LogP contribution in [0.1, 0.15) is 31.2 Å². The van der Waals surface area contributed by atoms with Crippen LogP contribution in [-0.4, -0.2) is 10.7 Å². The van der Waals surface area contributed by atoms with Gasteiger partial charge in [-0.05, 0) is 51.7 Å². The van der Waals surface area contributed by atoms with Gasteiger partial charge < -0.3 is 5.43 Å². The maximum absolute atomic E-state index is 3.54. The highest BCUT2D eigenvalue weighted by atomic mass is 15.4. The molecule has 2 rings (SSSR count). The van der Waals surface area contributed by atoms with E-state index in [0.29, 0.717) is 6.04 Å². The molecule has 0 spiro atoms. The van der Waals surface area contributed by atoms with Crippen LogP contribution in [0.2, 0.25) is 0 Å². The summed E-state index contributed by atoms with van der Waals surface area (Å²) in [5, 5.41) is 0. The summed E-state index contributed by atoms with van der Waals surface area (Å²) < 4.78 is 2.20. The van der Waals surface area contributed by atoms with Crippen LogP contribution in [0.3, 0.4) is 0 Å². The second-order valence-corrected chi connectivity index (χ2v) is 4.21. The number of nitrogens with one attached hydrogen (secondary N) is 1. The molecule has 0 amide bonds. The molecule has 1 aliphatic carbocycles. The highest BCUT2D eigenvalue weighted by Gasteiger charge is 2.28. The van der Waals surface area contributed by atoms with E-state index in [2.05, 4.69) is 43.0 Å². The molecule has 1 N–H and O–H groups in total. The van der Waals surface area contributed by atoms with E-state index >= 15 is 0 Å². The molecule has 2 nitrogen and oxygen atoms in total. The van der Waals surface area contributed by atoms with Gasteiger partial charge in [0.1, 0.15) is 0 Å². The number of aromatic nitrogens is 1. The molecule has 0 bridgehead atoms. The van der Waals surface area contributed by atoms with Crippen molar-refractivity contribution in [1.82, 2.24) is 4.68 Å². The summed E-state index contributed by atoms with van der Waals surface area (Å²) in [5.74, 6) is 0.904.